The lowest BCUT2D eigenvalue weighted by Gasteiger charge is -2.37. The Morgan fingerprint density at radius 3 is 2.57 bits per heavy atom. The first-order valence-electron chi connectivity index (χ1n) is 10.7. The molecule has 0 bridgehead atoms. The van der Waals surface area contributed by atoms with Crippen molar-refractivity contribution in [3.05, 3.63) is 46.6 Å². The Bertz CT molecular complexity index is 885. The number of nitrogens with one attached hydrogen (secondary N) is 1. The van der Waals surface area contributed by atoms with Crippen LogP contribution in [-0.4, -0.2) is 65.0 Å². The van der Waals surface area contributed by atoms with E-state index in [1.54, 1.807) is 4.68 Å². The average molecular weight is 525 g/mol. The standard InChI is InChI=1S/C21H31N7O.HI/c1-22-20(26-16-14-25(15-17-26)18-8-3-2-4-9-18)23-11-7-13-28-21(29)27-12-6-5-10-19(27)24-28;/h2-4,8-9H,5-7,10-17H2,1H3,(H,22,23);1H. The third-order valence-electron chi connectivity index (χ3n) is 5.77. The van der Waals surface area contributed by atoms with Gasteiger partial charge in [0.2, 0.25) is 0 Å². The number of rotatable bonds is 5. The van der Waals surface area contributed by atoms with Crippen molar-refractivity contribution in [3.63, 3.8) is 0 Å². The summed E-state index contributed by atoms with van der Waals surface area (Å²) in [6.07, 6.45) is 3.97. The molecule has 0 spiro atoms. The van der Waals surface area contributed by atoms with Crippen LogP contribution < -0.4 is 15.9 Å². The molecule has 8 nitrogen and oxygen atoms in total. The van der Waals surface area contributed by atoms with Crippen LogP contribution in [0.2, 0.25) is 0 Å². The van der Waals surface area contributed by atoms with E-state index in [0.29, 0.717) is 6.54 Å². The minimum absolute atomic E-state index is 0. The highest BCUT2D eigenvalue weighted by atomic mass is 127. The highest BCUT2D eigenvalue weighted by Gasteiger charge is 2.20. The molecule has 164 valence electrons. The van der Waals surface area contributed by atoms with Gasteiger partial charge < -0.3 is 15.1 Å². The number of hydrogen-bond donors (Lipinski definition) is 1. The van der Waals surface area contributed by atoms with Crippen molar-refractivity contribution in [1.29, 1.82) is 0 Å². The number of halogens is 1. The summed E-state index contributed by atoms with van der Waals surface area (Å²) in [4.78, 5) is 21.6. The van der Waals surface area contributed by atoms with Crippen LogP contribution in [0.1, 0.15) is 25.1 Å². The predicted octanol–water partition coefficient (Wildman–Crippen LogP) is 1.79. The summed E-state index contributed by atoms with van der Waals surface area (Å²) in [5.74, 6) is 1.88. The van der Waals surface area contributed by atoms with Crippen LogP contribution in [0.5, 0.6) is 0 Å². The number of para-hydroxylation sites is 1. The van der Waals surface area contributed by atoms with Crippen molar-refractivity contribution >= 4 is 35.6 Å². The molecule has 4 rings (SSSR count). The molecule has 0 unspecified atom stereocenters. The van der Waals surface area contributed by atoms with Gasteiger partial charge in [0.15, 0.2) is 5.96 Å². The zero-order chi connectivity index (χ0) is 20.1. The van der Waals surface area contributed by atoms with Crippen LogP contribution in [0.4, 0.5) is 5.69 Å². The van der Waals surface area contributed by atoms with E-state index in [-0.39, 0.29) is 29.7 Å². The van der Waals surface area contributed by atoms with Gasteiger partial charge >= 0.3 is 5.69 Å². The monoisotopic (exact) mass is 525 g/mol. The lowest BCUT2D eigenvalue weighted by molar-refractivity contribution is 0.371. The number of guanidine groups is 1. The molecule has 2 aliphatic heterocycles. The van der Waals surface area contributed by atoms with Crippen molar-refractivity contribution in [3.8, 4) is 0 Å². The highest BCUT2D eigenvalue weighted by molar-refractivity contribution is 14.0. The van der Waals surface area contributed by atoms with Crippen LogP contribution >= 0.6 is 24.0 Å². The molecular weight excluding hydrogens is 493 g/mol. The fourth-order valence-corrected chi connectivity index (χ4v) is 4.17. The molecule has 0 aliphatic carbocycles. The first-order chi connectivity index (χ1) is 14.3. The third-order valence-corrected chi connectivity index (χ3v) is 5.77. The number of fused-ring (bicyclic) bond motifs is 1. The summed E-state index contributed by atoms with van der Waals surface area (Å²) in [7, 11) is 1.83. The van der Waals surface area contributed by atoms with Crippen LogP contribution in [0, 0.1) is 0 Å². The maximum atomic E-state index is 12.4. The Morgan fingerprint density at radius 2 is 1.87 bits per heavy atom. The average Bonchev–Trinajstić information content (AvgIpc) is 3.10. The first-order valence-corrected chi connectivity index (χ1v) is 10.7. The summed E-state index contributed by atoms with van der Waals surface area (Å²) in [6, 6.07) is 10.6. The van der Waals surface area contributed by atoms with E-state index in [4.69, 9.17) is 0 Å². The largest absolute Gasteiger partial charge is 0.368 e. The van der Waals surface area contributed by atoms with Gasteiger partial charge in [-0.15, -0.1) is 24.0 Å². The van der Waals surface area contributed by atoms with Crippen molar-refractivity contribution in [1.82, 2.24) is 24.6 Å². The van der Waals surface area contributed by atoms with E-state index in [2.05, 4.69) is 55.5 Å². The van der Waals surface area contributed by atoms with Crippen LogP contribution in [0.25, 0.3) is 0 Å². The number of aliphatic imine (C=N–C) groups is 1. The maximum Gasteiger partial charge on any atom is 0.345 e. The SMILES string of the molecule is CN=C(NCCCn1nc2n(c1=O)CCCC2)N1CCN(c2ccccc2)CC1.I. The van der Waals surface area contributed by atoms with Crippen LogP contribution in [0.15, 0.2) is 40.1 Å². The second kappa shape index (κ2) is 10.8. The lowest BCUT2D eigenvalue weighted by atomic mass is 10.2. The van der Waals surface area contributed by atoms with E-state index in [9.17, 15) is 4.79 Å². The number of hydrogen-bond acceptors (Lipinski definition) is 4. The molecule has 0 atom stereocenters. The third kappa shape index (κ3) is 5.16. The maximum absolute atomic E-state index is 12.4. The van der Waals surface area contributed by atoms with Crippen LogP contribution in [-0.2, 0) is 19.5 Å². The van der Waals surface area contributed by atoms with Gasteiger partial charge in [0.1, 0.15) is 5.82 Å². The Labute approximate surface area is 195 Å². The molecule has 1 aromatic carbocycles. The number of piperazine rings is 1. The zero-order valence-corrected chi connectivity index (χ0v) is 20.0. The lowest BCUT2D eigenvalue weighted by Crippen LogP contribution is -2.52. The number of aromatic nitrogens is 3. The minimum atomic E-state index is 0. The molecule has 1 N–H and O–H groups in total. The molecule has 1 fully saturated rings. The number of benzene rings is 1. The molecule has 2 aliphatic rings. The fourth-order valence-electron chi connectivity index (χ4n) is 4.17. The van der Waals surface area contributed by atoms with E-state index in [1.807, 2.05) is 11.6 Å². The van der Waals surface area contributed by atoms with E-state index >= 15 is 0 Å². The highest BCUT2D eigenvalue weighted by Crippen LogP contribution is 2.15. The van der Waals surface area contributed by atoms with Gasteiger partial charge in [-0.25, -0.2) is 9.48 Å². The summed E-state index contributed by atoms with van der Waals surface area (Å²) < 4.78 is 3.46. The zero-order valence-electron chi connectivity index (χ0n) is 17.7. The van der Waals surface area contributed by atoms with Gasteiger partial charge in [-0.1, -0.05) is 18.2 Å². The molecule has 3 heterocycles. The Kier molecular flexibility index (Phi) is 8.17. The summed E-state index contributed by atoms with van der Waals surface area (Å²) in [5.41, 5.74) is 1.32. The van der Waals surface area contributed by atoms with Gasteiger partial charge in [-0.3, -0.25) is 9.56 Å². The smallest absolute Gasteiger partial charge is 0.345 e. The molecule has 30 heavy (non-hydrogen) atoms. The molecular formula is C21H32IN7O. The Balaban J connectivity index is 0.00000256. The molecule has 1 saturated heterocycles. The second-order valence-corrected chi connectivity index (χ2v) is 7.67. The van der Waals surface area contributed by atoms with E-state index in [1.165, 1.54) is 5.69 Å². The van der Waals surface area contributed by atoms with E-state index < -0.39 is 0 Å². The molecule has 1 aromatic heterocycles. The fraction of sp³-hybridized carbons (Fsp3) is 0.571. The van der Waals surface area contributed by atoms with E-state index in [0.717, 1.165) is 76.7 Å². The molecule has 2 aromatic rings. The second-order valence-electron chi connectivity index (χ2n) is 7.67. The quantitative estimate of drug-likeness (QED) is 0.279. The first kappa shape index (κ1) is 22.6. The minimum Gasteiger partial charge on any atom is -0.368 e. The van der Waals surface area contributed by atoms with Crippen molar-refractivity contribution < 1.29 is 0 Å². The van der Waals surface area contributed by atoms with Crippen LogP contribution in [0.3, 0.4) is 0 Å². The molecule has 0 radical (unpaired) electrons. The predicted molar refractivity (Wildman–Crippen MR) is 131 cm³/mol. The normalized spacial score (nSPS) is 16.8. The molecule has 0 saturated carbocycles. The number of nitrogens with zero attached hydrogens (tertiary/aromatic N) is 6. The van der Waals surface area contributed by atoms with Crippen molar-refractivity contribution in [2.45, 2.75) is 38.8 Å². The van der Waals surface area contributed by atoms with Crippen molar-refractivity contribution in [2.75, 3.05) is 44.7 Å². The molecule has 0 amide bonds. The Hall–Kier alpha value is -2.04. The Morgan fingerprint density at radius 1 is 1.10 bits per heavy atom. The van der Waals surface area contributed by atoms with Crippen molar-refractivity contribution in [2.24, 2.45) is 4.99 Å². The summed E-state index contributed by atoms with van der Waals surface area (Å²) in [6.45, 7) is 6.10. The summed E-state index contributed by atoms with van der Waals surface area (Å²) >= 11 is 0. The number of aryl methyl sites for hydroxylation is 2. The van der Waals surface area contributed by atoms with Gasteiger partial charge in [0.25, 0.3) is 0 Å². The van der Waals surface area contributed by atoms with Gasteiger partial charge in [-0.05, 0) is 31.4 Å². The van der Waals surface area contributed by atoms with Gasteiger partial charge in [0.05, 0.1) is 0 Å². The van der Waals surface area contributed by atoms with Gasteiger partial charge in [0, 0.05) is 65.0 Å². The molecule has 9 heteroatoms. The number of anilines is 1. The topological polar surface area (TPSA) is 70.7 Å². The van der Waals surface area contributed by atoms with Gasteiger partial charge in [-0.2, -0.15) is 5.10 Å². The summed E-state index contributed by atoms with van der Waals surface area (Å²) in [5, 5.41) is 7.96.